The molecular weight excluding hydrogens is 335 g/mol. The summed E-state index contributed by atoms with van der Waals surface area (Å²) >= 11 is 6.66. The monoisotopic (exact) mass is 347 g/mol. The van der Waals surface area contributed by atoms with Crippen LogP contribution in [0, 0.1) is 5.92 Å². The quantitative estimate of drug-likeness (QED) is 0.785. The maximum atomic E-state index is 12.6. The molecule has 1 aliphatic rings. The van der Waals surface area contributed by atoms with Crippen molar-refractivity contribution in [3.8, 4) is 0 Å². The van der Waals surface area contributed by atoms with E-state index < -0.39 is 22.1 Å². The number of piperidine rings is 1. The van der Waals surface area contributed by atoms with E-state index in [0.29, 0.717) is 5.56 Å². The van der Waals surface area contributed by atoms with Crippen molar-refractivity contribution in [3.05, 3.63) is 17.0 Å². The lowest BCUT2D eigenvalue weighted by molar-refractivity contribution is -0.182. The van der Waals surface area contributed by atoms with Gasteiger partial charge in [-0.2, -0.15) is 17.5 Å². The Balaban J connectivity index is 2.09. The molecule has 2 rings (SSSR count). The molecule has 1 aliphatic heterocycles. The second-order valence-corrected chi connectivity index (χ2v) is 7.97. The Bertz CT molecular complexity index is 562. The first-order valence-corrected chi connectivity index (χ1v) is 8.81. The number of halogens is 4. The number of nitrogens with zero attached hydrogens (tertiary/aromatic N) is 1. The maximum absolute atomic E-state index is 12.6. The van der Waals surface area contributed by atoms with Crippen LogP contribution in [0.25, 0.3) is 0 Å². The summed E-state index contributed by atoms with van der Waals surface area (Å²) in [5.74, 6) is -1.20. The highest BCUT2D eigenvalue weighted by atomic mass is 35.5. The molecule has 0 atom stereocenters. The summed E-state index contributed by atoms with van der Waals surface area (Å²) in [6.45, 7) is -0.193. The zero-order valence-corrected chi connectivity index (χ0v) is 12.7. The molecule has 0 bridgehead atoms. The van der Waals surface area contributed by atoms with E-state index in [9.17, 15) is 21.6 Å². The third-order valence-electron chi connectivity index (χ3n) is 3.29. The molecule has 0 radical (unpaired) electrons. The van der Waals surface area contributed by atoms with Crippen LogP contribution >= 0.6 is 22.9 Å². The smallest absolute Gasteiger partial charge is 0.206 e. The van der Waals surface area contributed by atoms with Crippen molar-refractivity contribution in [2.24, 2.45) is 5.92 Å². The third-order valence-corrected chi connectivity index (χ3v) is 6.97. The second-order valence-electron chi connectivity index (χ2n) is 4.63. The van der Waals surface area contributed by atoms with Gasteiger partial charge in [0.05, 0.1) is 5.92 Å². The summed E-state index contributed by atoms with van der Waals surface area (Å²) in [4.78, 5) is 0. The van der Waals surface area contributed by atoms with Gasteiger partial charge in [-0.15, -0.1) is 22.9 Å². The summed E-state index contributed by atoms with van der Waals surface area (Å²) in [6, 6.07) is 1.48. The van der Waals surface area contributed by atoms with Gasteiger partial charge in [0.1, 0.15) is 4.21 Å². The molecule has 0 saturated carbocycles. The van der Waals surface area contributed by atoms with Crippen molar-refractivity contribution in [3.63, 3.8) is 0 Å². The zero-order chi connectivity index (χ0) is 15.0. The highest BCUT2D eigenvalue weighted by molar-refractivity contribution is 7.91. The summed E-state index contributed by atoms with van der Waals surface area (Å²) in [6.07, 6.45) is -4.61. The van der Waals surface area contributed by atoms with Crippen LogP contribution in [-0.4, -0.2) is 32.0 Å². The van der Waals surface area contributed by atoms with Gasteiger partial charge in [-0.25, -0.2) is 8.42 Å². The molecule has 0 amide bonds. The highest BCUT2D eigenvalue weighted by Crippen LogP contribution is 2.36. The number of thiophene rings is 1. The van der Waals surface area contributed by atoms with Crippen molar-refractivity contribution in [2.45, 2.75) is 29.1 Å². The number of sulfonamides is 1. The molecule has 0 aliphatic carbocycles. The lowest BCUT2D eigenvalue weighted by Crippen LogP contribution is -2.41. The van der Waals surface area contributed by atoms with Crippen LogP contribution in [-0.2, 0) is 15.9 Å². The Kier molecular flexibility index (Phi) is 4.68. The Morgan fingerprint density at radius 1 is 1.35 bits per heavy atom. The van der Waals surface area contributed by atoms with E-state index in [1.807, 2.05) is 0 Å². The normalized spacial score (nSPS) is 19.4. The summed E-state index contributed by atoms with van der Waals surface area (Å²) in [7, 11) is -3.69. The molecular formula is C11H13ClF3NO2S2. The van der Waals surface area contributed by atoms with Gasteiger partial charge < -0.3 is 0 Å². The minimum absolute atomic E-state index is 0.0966. The van der Waals surface area contributed by atoms with Gasteiger partial charge in [0.15, 0.2) is 0 Å². The second kappa shape index (κ2) is 5.82. The van der Waals surface area contributed by atoms with Gasteiger partial charge >= 0.3 is 6.18 Å². The van der Waals surface area contributed by atoms with Crippen molar-refractivity contribution in [2.75, 3.05) is 13.1 Å². The molecule has 1 aromatic heterocycles. The molecule has 0 spiro atoms. The summed E-state index contributed by atoms with van der Waals surface area (Å²) < 4.78 is 63.5. The Labute approximate surface area is 124 Å². The summed E-state index contributed by atoms with van der Waals surface area (Å²) in [5.41, 5.74) is 0.695. The molecule has 1 fully saturated rings. The van der Waals surface area contributed by atoms with Crippen LogP contribution in [0.4, 0.5) is 13.2 Å². The molecule has 1 aromatic rings. The minimum atomic E-state index is -4.25. The molecule has 20 heavy (non-hydrogen) atoms. The van der Waals surface area contributed by atoms with E-state index in [1.165, 1.54) is 6.07 Å². The molecule has 114 valence electrons. The van der Waals surface area contributed by atoms with Gasteiger partial charge in [-0.3, -0.25) is 0 Å². The molecule has 0 unspecified atom stereocenters. The predicted molar refractivity (Wildman–Crippen MR) is 71.4 cm³/mol. The minimum Gasteiger partial charge on any atom is -0.206 e. The van der Waals surface area contributed by atoms with Crippen molar-refractivity contribution >= 4 is 33.0 Å². The molecule has 0 N–H and O–H groups in total. The average Bonchev–Trinajstić information content (AvgIpc) is 2.87. The fraction of sp³-hybridized carbons (Fsp3) is 0.636. The first-order valence-electron chi connectivity index (χ1n) is 5.95. The van der Waals surface area contributed by atoms with Crippen molar-refractivity contribution < 1.29 is 21.6 Å². The van der Waals surface area contributed by atoms with Gasteiger partial charge in [0, 0.05) is 19.0 Å². The molecule has 9 heteroatoms. The van der Waals surface area contributed by atoms with E-state index in [-0.39, 0.29) is 36.0 Å². The van der Waals surface area contributed by atoms with Crippen molar-refractivity contribution in [1.82, 2.24) is 4.31 Å². The van der Waals surface area contributed by atoms with Gasteiger partial charge in [0.2, 0.25) is 0 Å². The standard InChI is InChI=1S/C11H13ClF3NO2S2/c12-6-8-5-10(19-7-8)20(17,18)16-3-1-9(2-4-16)11(13,14)15/h5,7,9H,1-4,6H2. The number of hydrogen-bond acceptors (Lipinski definition) is 3. The fourth-order valence-corrected chi connectivity index (χ4v) is 5.19. The highest BCUT2D eigenvalue weighted by Gasteiger charge is 2.43. The Morgan fingerprint density at radius 2 is 1.95 bits per heavy atom. The topological polar surface area (TPSA) is 37.4 Å². The largest absolute Gasteiger partial charge is 0.391 e. The average molecular weight is 348 g/mol. The van der Waals surface area contributed by atoms with E-state index in [0.717, 1.165) is 15.6 Å². The molecule has 1 saturated heterocycles. The van der Waals surface area contributed by atoms with Crippen LogP contribution in [0.1, 0.15) is 18.4 Å². The van der Waals surface area contributed by atoms with E-state index >= 15 is 0 Å². The zero-order valence-electron chi connectivity index (χ0n) is 10.4. The fourth-order valence-electron chi connectivity index (χ4n) is 2.11. The van der Waals surface area contributed by atoms with Gasteiger partial charge in [-0.05, 0) is 29.9 Å². The van der Waals surface area contributed by atoms with E-state index in [1.54, 1.807) is 5.38 Å². The predicted octanol–water partition coefficient (Wildman–Crippen LogP) is 3.45. The van der Waals surface area contributed by atoms with Crippen LogP contribution in [0.5, 0.6) is 0 Å². The number of hydrogen-bond donors (Lipinski definition) is 0. The third kappa shape index (κ3) is 3.29. The SMILES string of the molecule is O=S(=O)(c1cc(CCl)cs1)N1CCC(C(F)(F)F)CC1. The maximum Gasteiger partial charge on any atom is 0.391 e. The van der Waals surface area contributed by atoms with Gasteiger partial charge in [0.25, 0.3) is 10.0 Å². The Morgan fingerprint density at radius 3 is 2.40 bits per heavy atom. The van der Waals surface area contributed by atoms with Crippen LogP contribution in [0.2, 0.25) is 0 Å². The van der Waals surface area contributed by atoms with Crippen LogP contribution < -0.4 is 0 Å². The molecule has 0 aromatic carbocycles. The van der Waals surface area contributed by atoms with E-state index in [2.05, 4.69) is 0 Å². The van der Waals surface area contributed by atoms with Crippen LogP contribution in [0.3, 0.4) is 0 Å². The molecule has 3 nitrogen and oxygen atoms in total. The lowest BCUT2D eigenvalue weighted by Gasteiger charge is -2.31. The molecule has 2 heterocycles. The Hall–Kier alpha value is -0.310. The first-order chi connectivity index (χ1) is 9.25. The lowest BCUT2D eigenvalue weighted by atomic mass is 9.98. The number of rotatable bonds is 3. The van der Waals surface area contributed by atoms with Crippen LogP contribution in [0.15, 0.2) is 15.7 Å². The van der Waals surface area contributed by atoms with Crippen molar-refractivity contribution in [1.29, 1.82) is 0 Å². The van der Waals surface area contributed by atoms with Gasteiger partial charge in [-0.1, -0.05) is 0 Å². The van der Waals surface area contributed by atoms with E-state index in [4.69, 9.17) is 11.6 Å². The summed E-state index contributed by atoms with van der Waals surface area (Å²) in [5, 5.41) is 1.64. The first kappa shape index (κ1) is 16.1. The number of alkyl halides is 4.